The Balaban J connectivity index is 2.04. The molecule has 5 nitrogen and oxygen atoms in total. The number of para-hydroxylation sites is 1. The molecule has 2 aromatic rings. The predicted octanol–water partition coefficient (Wildman–Crippen LogP) is 2.53. The lowest BCUT2D eigenvalue weighted by atomic mass is 10.2. The molecule has 6 heteroatoms. The van der Waals surface area contributed by atoms with Gasteiger partial charge in [-0.3, -0.25) is 10.1 Å². The Morgan fingerprint density at radius 2 is 1.95 bits per heavy atom. The highest BCUT2D eigenvalue weighted by atomic mass is 32.1. The number of hydrogen-bond acceptors (Lipinski definition) is 4. The van der Waals surface area contributed by atoms with Crippen LogP contribution in [0.15, 0.2) is 42.5 Å². The Kier molecular flexibility index (Phi) is 4.84. The Labute approximate surface area is 128 Å². The highest BCUT2D eigenvalue weighted by Gasteiger charge is 2.12. The number of aromatic nitrogens is 1. The van der Waals surface area contributed by atoms with Gasteiger partial charge in [-0.25, -0.2) is 4.98 Å². The lowest BCUT2D eigenvalue weighted by molar-refractivity contribution is 0.0975. The van der Waals surface area contributed by atoms with E-state index in [1.54, 1.807) is 30.3 Å². The van der Waals surface area contributed by atoms with Gasteiger partial charge in [-0.2, -0.15) is 0 Å². The van der Waals surface area contributed by atoms with E-state index in [0.29, 0.717) is 17.1 Å². The first-order chi connectivity index (χ1) is 10.1. The number of carbonyl (C=O) groups is 1. The molecule has 0 radical (unpaired) electrons. The molecule has 1 aromatic heterocycles. The number of nitrogens with one attached hydrogen (secondary N) is 2. The van der Waals surface area contributed by atoms with Gasteiger partial charge in [0.25, 0.3) is 5.91 Å². The second kappa shape index (κ2) is 6.81. The van der Waals surface area contributed by atoms with Crippen LogP contribution in [-0.4, -0.2) is 23.1 Å². The number of benzene rings is 1. The Hall–Kier alpha value is -2.47. The fourth-order valence-electron chi connectivity index (χ4n) is 1.76. The predicted molar refractivity (Wildman–Crippen MR) is 85.7 cm³/mol. The van der Waals surface area contributed by atoms with Gasteiger partial charge in [-0.05, 0) is 43.4 Å². The van der Waals surface area contributed by atoms with Gasteiger partial charge in [-0.15, -0.1) is 0 Å². The van der Waals surface area contributed by atoms with Crippen LogP contribution in [0.5, 0.6) is 5.75 Å². The number of rotatable bonds is 3. The molecule has 0 atom stereocenters. The molecule has 0 aliphatic carbocycles. The smallest absolute Gasteiger partial charge is 0.261 e. The van der Waals surface area contributed by atoms with Crippen LogP contribution in [0.1, 0.15) is 16.1 Å². The average Bonchev–Trinajstić information content (AvgIpc) is 2.47. The summed E-state index contributed by atoms with van der Waals surface area (Å²) in [4.78, 5) is 16.4. The quantitative estimate of drug-likeness (QED) is 0.853. The van der Waals surface area contributed by atoms with Crippen molar-refractivity contribution in [2.75, 3.05) is 12.4 Å². The molecular weight excluding hydrogens is 286 g/mol. The van der Waals surface area contributed by atoms with Gasteiger partial charge in [0, 0.05) is 5.69 Å². The number of pyridine rings is 1. The van der Waals surface area contributed by atoms with E-state index in [1.165, 1.54) is 7.11 Å². The van der Waals surface area contributed by atoms with E-state index in [-0.39, 0.29) is 11.0 Å². The van der Waals surface area contributed by atoms with Crippen molar-refractivity contribution in [1.82, 2.24) is 10.3 Å². The van der Waals surface area contributed by atoms with Gasteiger partial charge in [0.1, 0.15) is 11.6 Å². The summed E-state index contributed by atoms with van der Waals surface area (Å²) in [5.41, 5.74) is 1.28. The summed E-state index contributed by atoms with van der Waals surface area (Å²) < 4.78 is 5.15. The van der Waals surface area contributed by atoms with E-state index in [4.69, 9.17) is 17.0 Å². The largest absolute Gasteiger partial charge is 0.496 e. The van der Waals surface area contributed by atoms with Crippen molar-refractivity contribution in [3.8, 4) is 5.75 Å². The highest BCUT2D eigenvalue weighted by Crippen LogP contribution is 2.16. The summed E-state index contributed by atoms with van der Waals surface area (Å²) in [5.74, 6) is 0.740. The van der Waals surface area contributed by atoms with Gasteiger partial charge in [-0.1, -0.05) is 18.2 Å². The lowest BCUT2D eigenvalue weighted by Crippen LogP contribution is -2.34. The molecule has 1 amide bonds. The fraction of sp³-hybridized carbons (Fsp3) is 0.133. The summed E-state index contributed by atoms with van der Waals surface area (Å²) in [6, 6.07) is 12.4. The average molecular weight is 301 g/mol. The lowest BCUT2D eigenvalue weighted by Gasteiger charge is -2.11. The molecule has 1 heterocycles. The molecule has 0 saturated heterocycles. The number of thiocarbonyl (C=S) groups is 1. The Morgan fingerprint density at radius 3 is 2.67 bits per heavy atom. The molecule has 108 valence electrons. The second-order valence-electron chi connectivity index (χ2n) is 4.27. The van der Waals surface area contributed by atoms with Gasteiger partial charge in [0.2, 0.25) is 0 Å². The minimum absolute atomic E-state index is 0.184. The third-order valence-corrected chi connectivity index (χ3v) is 2.91. The monoisotopic (exact) mass is 301 g/mol. The van der Waals surface area contributed by atoms with Gasteiger partial charge in [0.05, 0.1) is 12.7 Å². The number of ether oxygens (including phenoxy) is 1. The van der Waals surface area contributed by atoms with Crippen LogP contribution in [0.3, 0.4) is 0 Å². The van der Waals surface area contributed by atoms with E-state index in [1.807, 2.05) is 19.1 Å². The zero-order chi connectivity index (χ0) is 15.2. The summed E-state index contributed by atoms with van der Waals surface area (Å²) in [5, 5.41) is 5.65. The number of nitrogens with zero attached hydrogens (tertiary/aromatic N) is 1. The van der Waals surface area contributed by atoms with Gasteiger partial charge in [0.15, 0.2) is 5.11 Å². The third kappa shape index (κ3) is 4.00. The number of aryl methyl sites for hydroxylation is 1. The van der Waals surface area contributed by atoms with Crippen LogP contribution in [0.25, 0.3) is 0 Å². The van der Waals surface area contributed by atoms with Crippen molar-refractivity contribution in [2.24, 2.45) is 0 Å². The molecule has 2 rings (SSSR count). The van der Waals surface area contributed by atoms with E-state index in [2.05, 4.69) is 15.6 Å². The molecule has 21 heavy (non-hydrogen) atoms. The van der Waals surface area contributed by atoms with Crippen LogP contribution in [-0.2, 0) is 0 Å². The molecule has 2 N–H and O–H groups in total. The van der Waals surface area contributed by atoms with Crippen molar-refractivity contribution in [3.05, 3.63) is 53.7 Å². The molecule has 0 fully saturated rings. The second-order valence-corrected chi connectivity index (χ2v) is 4.68. The zero-order valence-corrected chi connectivity index (χ0v) is 12.5. The number of hydrogen-bond donors (Lipinski definition) is 2. The molecular formula is C15H15N3O2S. The van der Waals surface area contributed by atoms with Crippen LogP contribution < -0.4 is 15.4 Å². The van der Waals surface area contributed by atoms with E-state index in [0.717, 1.165) is 5.69 Å². The van der Waals surface area contributed by atoms with Crippen molar-refractivity contribution in [1.29, 1.82) is 0 Å². The third-order valence-electron chi connectivity index (χ3n) is 2.71. The molecule has 0 unspecified atom stereocenters. The molecule has 1 aromatic carbocycles. The number of amides is 1. The molecule has 0 aliphatic heterocycles. The summed E-state index contributed by atoms with van der Waals surface area (Å²) in [7, 11) is 1.51. The number of methoxy groups -OCH3 is 1. The first kappa shape index (κ1) is 14.9. The van der Waals surface area contributed by atoms with Crippen LogP contribution in [0.2, 0.25) is 0 Å². The Bertz CT molecular complexity index is 673. The zero-order valence-electron chi connectivity index (χ0n) is 11.7. The molecule has 0 saturated carbocycles. The highest BCUT2D eigenvalue weighted by molar-refractivity contribution is 7.80. The maximum Gasteiger partial charge on any atom is 0.261 e. The maximum absolute atomic E-state index is 12.2. The van der Waals surface area contributed by atoms with Crippen LogP contribution >= 0.6 is 12.2 Å². The van der Waals surface area contributed by atoms with Crippen molar-refractivity contribution in [2.45, 2.75) is 6.92 Å². The topological polar surface area (TPSA) is 63.2 Å². The first-order valence-corrected chi connectivity index (χ1v) is 6.70. The summed E-state index contributed by atoms with van der Waals surface area (Å²) in [6.45, 7) is 1.88. The van der Waals surface area contributed by atoms with E-state index in [9.17, 15) is 4.79 Å². The SMILES string of the molecule is COc1ccccc1C(=O)NC(=S)Nc1cccc(C)n1. The minimum atomic E-state index is -0.336. The minimum Gasteiger partial charge on any atom is -0.496 e. The van der Waals surface area contributed by atoms with Crippen molar-refractivity contribution in [3.63, 3.8) is 0 Å². The van der Waals surface area contributed by atoms with Gasteiger partial charge >= 0.3 is 0 Å². The van der Waals surface area contributed by atoms with Gasteiger partial charge < -0.3 is 10.1 Å². The first-order valence-electron chi connectivity index (χ1n) is 6.29. The van der Waals surface area contributed by atoms with Crippen LogP contribution in [0.4, 0.5) is 5.82 Å². The summed E-state index contributed by atoms with van der Waals surface area (Å²) in [6.07, 6.45) is 0. The molecule has 0 spiro atoms. The van der Waals surface area contributed by atoms with Crippen LogP contribution in [0, 0.1) is 6.92 Å². The molecule has 0 bridgehead atoms. The van der Waals surface area contributed by atoms with Crippen molar-refractivity contribution >= 4 is 29.1 Å². The number of anilines is 1. The number of carbonyl (C=O) groups excluding carboxylic acids is 1. The maximum atomic E-state index is 12.2. The standard InChI is InChI=1S/C15H15N3O2S/c1-10-6-5-9-13(16-10)17-15(21)18-14(19)11-7-3-4-8-12(11)20-2/h3-9H,1-2H3,(H2,16,17,18,19,21). The normalized spacial score (nSPS) is 9.81. The summed E-state index contributed by atoms with van der Waals surface area (Å²) >= 11 is 5.11. The fourth-order valence-corrected chi connectivity index (χ4v) is 1.96. The molecule has 0 aliphatic rings. The van der Waals surface area contributed by atoms with Crippen molar-refractivity contribution < 1.29 is 9.53 Å². The van der Waals surface area contributed by atoms with E-state index < -0.39 is 0 Å². The van der Waals surface area contributed by atoms with E-state index >= 15 is 0 Å². The Morgan fingerprint density at radius 1 is 1.19 bits per heavy atom.